The number of nitrogens with zero attached hydrogens (tertiary/aromatic N) is 1. The number of cyclic esters (lactones) is 1. The van der Waals surface area contributed by atoms with E-state index in [0.717, 1.165) is 0 Å². The average molecular weight is 154 g/mol. The normalized spacial score (nSPS) is 29.5. The third-order valence-corrected chi connectivity index (χ3v) is 1.64. The predicted octanol–water partition coefficient (Wildman–Crippen LogP) is 0.643. The topological polar surface area (TPSA) is 62.1 Å². The van der Waals surface area contributed by atoms with Gasteiger partial charge in [-0.05, 0) is 5.92 Å². The molecule has 1 unspecified atom stereocenters. The van der Waals surface area contributed by atoms with Crippen molar-refractivity contribution in [2.45, 2.75) is 26.0 Å². The number of ether oxygens (including phenoxy) is 1. The van der Waals surface area contributed by atoms with Crippen molar-refractivity contribution in [2.75, 3.05) is 0 Å². The fourth-order valence-corrected chi connectivity index (χ4v) is 1.06. The highest BCUT2D eigenvalue weighted by Crippen LogP contribution is 2.16. The van der Waals surface area contributed by atoms with E-state index in [9.17, 15) is 4.79 Å². The molecule has 0 bridgehead atoms. The van der Waals surface area contributed by atoms with Gasteiger partial charge in [0.05, 0.1) is 6.07 Å². The van der Waals surface area contributed by atoms with Gasteiger partial charge in [0.25, 0.3) is 0 Å². The third-order valence-electron chi connectivity index (χ3n) is 1.64. The summed E-state index contributed by atoms with van der Waals surface area (Å²) in [7, 11) is 0. The number of amides is 1. The molecule has 1 fully saturated rings. The van der Waals surface area contributed by atoms with Gasteiger partial charge < -0.3 is 10.1 Å². The van der Waals surface area contributed by atoms with Crippen molar-refractivity contribution in [3.05, 3.63) is 0 Å². The van der Waals surface area contributed by atoms with E-state index in [1.54, 1.807) is 0 Å². The number of hydrogen-bond donors (Lipinski definition) is 1. The van der Waals surface area contributed by atoms with Crippen LogP contribution in [0, 0.1) is 17.2 Å². The molecule has 4 nitrogen and oxygen atoms in total. The first-order chi connectivity index (χ1) is 5.15. The summed E-state index contributed by atoms with van der Waals surface area (Å²) in [5, 5.41) is 11.0. The van der Waals surface area contributed by atoms with Gasteiger partial charge in [-0.3, -0.25) is 0 Å². The maximum atomic E-state index is 10.6. The Hall–Kier alpha value is -1.24. The Morgan fingerprint density at radius 3 is 2.73 bits per heavy atom. The van der Waals surface area contributed by atoms with Gasteiger partial charge in [0, 0.05) is 0 Å². The minimum absolute atomic E-state index is 0.179. The van der Waals surface area contributed by atoms with Crippen molar-refractivity contribution in [3.8, 4) is 6.07 Å². The van der Waals surface area contributed by atoms with E-state index in [1.807, 2.05) is 19.9 Å². The first-order valence-electron chi connectivity index (χ1n) is 3.52. The van der Waals surface area contributed by atoms with Crippen LogP contribution in [0.5, 0.6) is 0 Å². The Morgan fingerprint density at radius 1 is 1.73 bits per heavy atom. The molecule has 2 atom stereocenters. The van der Waals surface area contributed by atoms with Crippen molar-refractivity contribution in [2.24, 2.45) is 5.92 Å². The number of carbonyl (C=O) groups excluding carboxylic acids is 1. The molecule has 1 saturated heterocycles. The Balaban J connectivity index is 2.66. The van der Waals surface area contributed by atoms with Crippen molar-refractivity contribution < 1.29 is 9.53 Å². The summed E-state index contributed by atoms with van der Waals surface area (Å²) in [4.78, 5) is 10.6. The summed E-state index contributed by atoms with van der Waals surface area (Å²) in [5.41, 5.74) is 0. The van der Waals surface area contributed by atoms with Gasteiger partial charge in [0.15, 0.2) is 6.04 Å². The van der Waals surface area contributed by atoms with Crippen molar-refractivity contribution in [1.82, 2.24) is 5.32 Å². The molecule has 0 aromatic heterocycles. The molecule has 1 heterocycles. The molecule has 60 valence electrons. The second kappa shape index (κ2) is 2.79. The van der Waals surface area contributed by atoms with Gasteiger partial charge in [-0.25, -0.2) is 4.79 Å². The van der Waals surface area contributed by atoms with Crippen LogP contribution in [0.1, 0.15) is 13.8 Å². The van der Waals surface area contributed by atoms with E-state index < -0.39 is 12.1 Å². The summed E-state index contributed by atoms with van der Waals surface area (Å²) in [5.74, 6) is 0.179. The van der Waals surface area contributed by atoms with Crippen LogP contribution in [0.15, 0.2) is 0 Å². The van der Waals surface area contributed by atoms with Crippen LogP contribution in [0.25, 0.3) is 0 Å². The summed E-state index contributed by atoms with van der Waals surface area (Å²) >= 11 is 0. The maximum absolute atomic E-state index is 10.6. The number of alkyl carbamates (subject to hydrolysis) is 1. The van der Waals surface area contributed by atoms with Crippen LogP contribution < -0.4 is 5.32 Å². The van der Waals surface area contributed by atoms with Crippen molar-refractivity contribution in [3.63, 3.8) is 0 Å². The lowest BCUT2D eigenvalue weighted by atomic mass is 10.0. The summed E-state index contributed by atoms with van der Waals surface area (Å²) in [6.07, 6.45) is -0.789. The molecule has 0 aromatic rings. The molecular weight excluding hydrogens is 144 g/mol. The molecule has 0 aromatic carbocycles. The lowest BCUT2D eigenvalue weighted by molar-refractivity contribution is 0.109. The van der Waals surface area contributed by atoms with E-state index in [2.05, 4.69) is 5.32 Å². The van der Waals surface area contributed by atoms with E-state index in [4.69, 9.17) is 10.00 Å². The van der Waals surface area contributed by atoms with Gasteiger partial charge >= 0.3 is 6.09 Å². The molecule has 1 rings (SSSR count). The maximum Gasteiger partial charge on any atom is 0.408 e. The van der Waals surface area contributed by atoms with Crippen LogP contribution in [-0.4, -0.2) is 18.2 Å². The number of rotatable bonds is 1. The van der Waals surface area contributed by atoms with Gasteiger partial charge in [-0.2, -0.15) is 5.26 Å². The van der Waals surface area contributed by atoms with Crippen LogP contribution in [0.3, 0.4) is 0 Å². The smallest absolute Gasteiger partial charge is 0.408 e. The highest BCUT2D eigenvalue weighted by atomic mass is 16.6. The zero-order chi connectivity index (χ0) is 8.43. The van der Waals surface area contributed by atoms with Crippen LogP contribution in [0.2, 0.25) is 0 Å². The SMILES string of the molecule is CC(C)[C@H]1OC(=O)NC1C#N. The molecule has 0 saturated carbocycles. The number of nitriles is 1. The minimum atomic E-state index is -0.491. The summed E-state index contributed by atoms with van der Waals surface area (Å²) < 4.78 is 4.85. The third kappa shape index (κ3) is 1.43. The number of nitrogens with one attached hydrogen (secondary N) is 1. The van der Waals surface area contributed by atoms with E-state index in [-0.39, 0.29) is 12.0 Å². The highest BCUT2D eigenvalue weighted by molar-refractivity contribution is 5.71. The molecule has 0 radical (unpaired) electrons. The zero-order valence-electron chi connectivity index (χ0n) is 6.50. The quantitative estimate of drug-likeness (QED) is 0.603. The first kappa shape index (κ1) is 7.86. The van der Waals surface area contributed by atoms with Gasteiger partial charge in [0.2, 0.25) is 0 Å². The van der Waals surface area contributed by atoms with E-state index >= 15 is 0 Å². The molecule has 1 amide bonds. The van der Waals surface area contributed by atoms with Crippen LogP contribution in [0.4, 0.5) is 4.79 Å². The fraction of sp³-hybridized carbons (Fsp3) is 0.714. The Labute approximate surface area is 65.1 Å². The van der Waals surface area contributed by atoms with Gasteiger partial charge in [-0.15, -0.1) is 0 Å². The van der Waals surface area contributed by atoms with Gasteiger partial charge in [-0.1, -0.05) is 13.8 Å². The predicted molar refractivity (Wildman–Crippen MR) is 37.6 cm³/mol. The van der Waals surface area contributed by atoms with Gasteiger partial charge in [0.1, 0.15) is 6.10 Å². The molecule has 4 heteroatoms. The van der Waals surface area contributed by atoms with Crippen molar-refractivity contribution in [1.29, 1.82) is 5.26 Å². The van der Waals surface area contributed by atoms with Crippen molar-refractivity contribution >= 4 is 6.09 Å². The lowest BCUT2D eigenvalue weighted by Crippen LogP contribution is -2.32. The van der Waals surface area contributed by atoms with E-state index in [1.165, 1.54) is 0 Å². The standard InChI is InChI=1S/C7H10N2O2/c1-4(2)6-5(3-8)9-7(10)11-6/h4-6H,1-2H3,(H,9,10)/t5?,6-/m1/s1. The minimum Gasteiger partial charge on any atom is -0.443 e. The molecule has 1 aliphatic heterocycles. The Bertz CT molecular complexity index is 207. The van der Waals surface area contributed by atoms with Crippen LogP contribution >= 0.6 is 0 Å². The number of hydrogen-bond acceptors (Lipinski definition) is 3. The molecule has 0 spiro atoms. The average Bonchev–Trinajstić information content (AvgIpc) is 2.30. The number of carbonyl (C=O) groups is 1. The Kier molecular flexibility index (Phi) is 1.99. The zero-order valence-corrected chi connectivity index (χ0v) is 6.50. The second-order valence-electron chi connectivity index (χ2n) is 2.87. The lowest BCUT2D eigenvalue weighted by Gasteiger charge is -2.13. The highest BCUT2D eigenvalue weighted by Gasteiger charge is 2.35. The monoisotopic (exact) mass is 154 g/mol. The van der Waals surface area contributed by atoms with Crippen LogP contribution in [-0.2, 0) is 4.74 Å². The molecule has 11 heavy (non-hydrogen) atoms. The summed E-state index contributed by atoms with van der Waals surface area (Å²) in [6.45, 7) is 3.82. The molecular formula is C7H10N2O2. The molecule has 1 N–H and O–H groups in total. The summed E-state index contributed by atoms with van der Waals surface area (Å²) in [6, 6.07) is 1.48. The largest absolute Gasteiger partial charge is 0.443 e. The second-order valence-corrected chi connectivity index (χ2v) is 2.87. The Morgan fingerprint density at radius 2 is 2.36 bits per heavy atom. The first-order valence-corrected chi connectivity index (χ1v) is 3.52. The van der Waals surface area contributed by atoms with E-state index in [0.29, 0.717) is 0 Å². The fourth-order valence-electron chi connectivity index (χ4n) is 1.06. The molecule has 1 aliphatic rings. The molecule has 0 aliphatic carbocycles.